The first-order valence-corrected chi connectivity index (χ1v) is 36.9. The van der Waals surface area contributed by atoms with Crippen molar-refractivity contribution in [1.82, 2.24) is 8.61 Å². The Bertz CT molecular complexity index is 4180. The zero-order chi connectivity index (χ0) is 71.1. The zero-order valence-corrected chi connectivity index (χ0v) is 60.2. The lowest BCUT2D eigenvalue weighted by Crippen LogP contribution is -2.47. The zero-order valence-electron chi connectivity index (χ0n) is 57.1. The second kappa shape index (κ2) is 36.8. The Hall–Kier alpha value is -8.65. The fraction of sp³-hybridized carbons (Fsp3) is 0.431. The molecule has 8 rings (SSSR count). The van der Waals surface area contributed by atoms with Gasteiger partial charge < -0.3 is 35.0 Å². The number of amides is 2. The number of allylic oxidation sites excluding steroid dienone is 2. The number of anilines is 4. The summed E-state index contributed by atoms with van der Waals surface area (Å²) in [5.41, 5.74) is 5.67. The standard InChI is InChI=1S/C44H59N7O6S.C28H29Cl2N5O4S/c1-5-7-8-9-10-11-12-13-14-17-30-57-39-25-22-34(44(53)56-4)32-38(39)49-43(52)41(42-48-37-20-15-16-21-40(37)58(54,55)51(42)6-2)47-36-24-23-35(31-33(36)3)50(28-18-26-45)29-19-27-46;1-5-35(12-13-36)21-9-11-22(18(3)14-21)31-26(28(37)33-24-15-19(29)7-6-17(24)2)27-32-23-10-8-20(30)16-25(23)40(38,39)34(27)4/h22-25,31-32H,5-21,28-30H2,1-4H3,(H,49,52);6-11,14-16,36H,5,12-13H2,1-4H3,(H,33,37). The Morgan fingerprint density at radius 3 is 1.81 bits per heavy atom. The molecule has 0 spiro atoms. The SMILES string of the molecule is CCCCCCCCCCCCOc1ccc(C(=O)OC)cc1NC(=O)C(=Nc1ccc(N(CCC#N)CCC#N)cc1C)C1=NC2=C(CCCC2)S(=O)(=O)N1CC.CCN(CCO)c1ccc(N=C(C(=O)Nc2cc(Cl)ccc2C)C2=Nc3ccc(Cl)cc3S(=O)(=O)N2C)c(C)c1. The minimum absolute atomic E-state index is 0.00729. The average Bonchev–Trinajstić information content (AvgIpc) is 0.755. The number of carbonyl (C=O) groups is 3. The number of hydrogen-bond donors (Lipinski definition) is 3. The summed E-state index contributed by atoms with van der Waals surface area (Å²) in [6, 6.07) is 29.2. The Balaban J connectivity index is 0.000000295. The topological polar surface area (TPSA) is 292 Å². The molecular weight excluding hydrogens is 1330 g/mol. The van der Waals surface area contributed by atoms with Crippen molar-refractivity contribution < 1.29 is 45.8 Å². The molecule has 2 heterocycles. The molecule has 98 heavy (non-hydrogen) atoms. The summed E-state index contributed by atoms with van der Waals surface area (Å²) in [6.45, 7) is 13.8. The van der Waals surface area contributed by atoms with Crippen LogP contribution in [0.15, 0.2) is 126 Å². The van der Waals surface area contributed by atoms with E-state index in [0.29, 0.717) is 84.7 Å². The van der Waals surface area contributed by atoms with E-state index in [4.69, 9.17) is 42.7 Å². The van der Waals surface area contributed by atoms with Crippen molar-refractivity contribution in [3.05, 3.63) is 134 Å². The van der Waals surface area contributed by atoms with E-state index in [1.165, 1.54) is 83.4 Å². The molecule has 2 aliphatic heterocycles. The van der Waals surface area contributed by atoms with Crippen LogP contribution in [0.5, 0.6) is 5.75 Å². The number of aliphatic imine (C=N–C) groups is 4. The van der Waals surface area contributed by atoms with Crippen molar-refractivity contribution in [2.45, 2.75) is 149 Å². The summed E-state index contributed by atoms with van der Waals surface area (Å²) in [5, 5.41) is 34.2. The highest BCUT2D eigenvalue weighted by atomic mass is 35.5. The lowest BCUT2D eigenvalue weighted by molar-refractivity contribution is -0.111. The molecule has 2 amide bonds. The van der Waals surface area contributed by atoms with Crippen LogP contribution in [0.3, 0.4) is 0 Å². The van der Waals surface area contributed by atoms with Gasteiger partial charge in [-0.25, -0.2) is 45.9 Å². The van der Waals surface area contributed by atoms with Gasteiger partial charge in [0.1, 0.15) is 10.6 Å². The van der Waals surface area contributed by atoms with Gasteiger partial charge >= 0.3 is 5.97 Å². The molecule has 3 N–H and O–H groups in total. The number of ether oxygens (including phenoxy) is 2. The number of aryl methyl sites for hydroxylation is 3. The van der Waals surface area contributed by atoms with Gasteiger partial charge in [0.05, 0.1) is 84.2 Å². The molecule has 0 saturated heterocycles. The predicted octanol–water partition coefficient (Wildman–Crippen LogP) is 14.8. The lowest BCUT2D eigenvalue weighted by atomic mass is 10.0. The van der Waals surface area contributed by atoms with Gasteiger partial charge in [-0.3, -0.25) is 13.9 Å². The van der Waals surface area contributed by atoms with Crippen LogP contribution in [-0.2, 0) is 34.4 Å². The highest BCUT2D eigenvalue weighted by Crippen LogP contribution is 2.38. The number of fused-ring (bicyclic) bond motifs is 1. The molecule has 0 saturated carbocycles. The van der Waals surface area contributed by atoms with Gasteiger partial charge in [-0.05, 0) is 168 Å². The lowest BCUT2D eigenvalue weighted by Gasteiger charge is -2.32. The Kier molecular flexibility index (Phi) is 28.8. The van der Waals surface area contributed by atoms with Crippen LogP contribution in [0.25, 0.3) is 0 Å². The smallest absolute Gasteiger partial charge is 0.337 e. The number of aliphatic hydroxyl groups excluding tert-OH is 1. The van der Waals surface area contributed by atoms with E-state index in [9.17, 15) is 46.8 Å². The number of carbonyl (C=O) groups excluding carboxylic acids is 3. The van der Waals surface area contributed by atoms with E-state index in [-0.39, 0.29) is 80.8 Å². The molecule has 0 aromatic heterocycles. The third kappa shape index (κ3) is 19.8. The van der Waals surface area contributed by atoms with E-state index < -0.39 is 37.8 Å². The molecule has 1 aliphatic carbocycles. The van der Waals surface area contributed by atoms with E-state index in [1.807, 2.05) is 55.7 Å². The van der Waals surface area contributed by atoms with Gasteiger partial charge in [0.2, 0.25) is 0 Å². The number of nitriles is 2. The molecule has 0 bridgehead atoms. The van der Waals surface area contributed by atoms with Crippen LogP contribution in [0, 0.1) is 43.4 Å². The molecule has 0 atom stereocenters. The normalized spacial score (nSPS) is 14.7. The van der Waals surface area contributed by atoms with Crippen LogP contribution in [0.2, 0.25) is 10.0 Å². The molecule has 22 nitrogen and oxygen atoms in total. The number of unbranched alkanes of at least 4 members (excludes halogenated alkanes) is 9. The van der Waals surface area contributed by atoms with Crippen LogP contribution >= 0.6 is 23.2 Å². The van der Waals surface area contributed by atoms with E-state index in [1.54, 1.807) is 55.5 Å². The first-order valence-electron chi connectivity index (χ1n) is 33.2. The van der Waals surface area contributed by atoms with E-state index >= 15 is 0 Å². The van der Waals surface area contributed by atoms with Gasteiger partial charge in [0.25, 0.3) is 31.9 Å². The number of methoxy groups -OCH3 is 1. The highest BCUT2D eigenvalue weighted by Gasteiger charge is 2.41. The van der Waals surface area contributed by atoms with Crippen LogP contribution in [0.1, 0.15) is 151 Å². The first-order chi connectivity index (χ1) is 47.0. The van der Waals surface area contributed by atoms with Gasteiger partial charge in [-0.15, -0.1) is 0 Å². The second-order valence-electron chi connectivity index (χ2n) is 23.8. The number of esters is 1. The maximum Gasteiger partial charge on any atom is 0.337 e. The third-order valence-corrected chi connectivity index (χ3v) is 21.2. The number of amidine groups is 2. The summed E-state index contributed by atoms with van der Waals surface area (Å²) >= 11 is 12.2. The average molecular weight is 1420 g/mol. The van der Waals surface area contributed by atoms with Crippen molar-refractivity contribution in [2.75, 3.05) is 80.5 Å². The highest BCUT2D eigenvalue weighted by molar-refractivity contribution is 7.93. The maximum absolute atomic E-state index is 14.6. The number of aliphatic hydroxyl groups is 1. The fourth-order valence-corrected chi connectivity index (χ4v) is 14.9. The van der Waals surface area contributed by atoms with Gasteiger partial charge in [0.15, 0.2) is 23.1 Å². The number of halogens is 2. The monoisotopic (exact) mass is 1410 g/mol. The molecule has 5 aromatic carbocycles. The quantitative estimate of drug-likeness (QED) is 0.0211. The second-order valence-corrected chi connectivity index (χ2v) is 28.5. The number of likely N-dealkylation sites (N-methyl/N-ethyl adjacent to an activating group) is 1. The van der Waals surface area contributed by atoms with Gasteiger partial charge in [-0.1, -0.05) is 94.0 Å². The Labute approximate surface area is 586 Å². The van der Waals surface area contributed by atoms with Gasteiger partial charge in [-0.2, -0.15) is 10.5 Å². The third-order valence-electron chi connectivity index (χ3n) is 16.8. The Morgan fingerprint density at radius 2 is 1.22 bits per heavy atom. The molecule has 0 radical (unpaired) electrons. The number of rotatable bonds is 31. The molecule has 522 valence electrons. The summed E-state index contributed by atoms with van der Waals surface area (Å²) < 4.78 is 68.2. The number of nitrogens with zero attached hydrogens (tertiary/aromatic N) is 10. The minimum atomic E-state index is -4.08. The maximum atomic E-state index is 14.6. The Morgan fingerprint density at radius 1 is 0.653 bits per heavy atom. The summed E-state index contributed by atoms with van der Waals surface area (Å²) in [5.74, 6) is -1.91. The van der Waals surface area contributed by atoms with Crippen LogP contribution < -0.4 is 25.2 Å². The van der Waals surface area contributed by atoms with Crippen molar-refractivity contribution in [1.29, 1.82) is 10.5 Å². The molecule has 0 fully saturated rings. The first kappa shape index (κ1) is 76.7. The number of nitrogens with one attached hydrogen (secondary N) is 2. The summed E-state index contributed by atoms with van der Waals surface area (Å²) in [4.78, 5) is 64.0. The number of benzene rings is 5. The number of sulfonamides is 2. The molecule has 3 aliphatic rings. The molecule has 0 unspecified atom stereocenters. The van der Waals surface area contributed by atoms with Crippen LogP contribution in [-0.4, -0.2) is 132 Å². The minimum Gasteiger partial charge on any atom is -0.491 e. The predicted molar refractivity (Wildman–Crippen MR) is 390 cm³/mol. The van der Waals surface area contributed by atoms with Crippen molar-refractivity contribution in [2.24, 2.45) is 20.0 Å². The van der Waals surface area contributed by atoms with Crippen molar-refractivity contribution >= 4 is 124 Å². The summed E-state index contributed by atoms with van der Waals surface area (Å²) in [7, 11) is -5.49. The molecule has 26 heteroatoms. The van der Waals surface area contributed by atoms with Gasteiger partial charge in [0, 0.05) is 66.9 Å². The fourth-order valence-electron chi connectivity index (χ4n) is 11.4. The van der Waals surface area contributed by atoms with E-state index in [0.717, 1.165) is 63.2 Å². The molecular formula is C72H88Cl2N12O10S2. The number of hydrogen-bond acceptors (Lipinski definition) is 18. The van der Waals surface area contributed by atoms with E-state index in [2.05, 4.69) is 39.7 Å². The molecule has 5 aromatic rings. The van der Waals surface area contributed by atoms with Crippen molar-refractivity contribution in [3.8, 4) is 17.9 Å². The van der Waals surface area contributed by atoms with Crippen LogP contribution in [0.4, 0.5) is 39.8 Å². The summed E-state index contributed by atoms with van der Waals surface area (Å²) in [6.07, 6.45) is 14.6. The largest absolute Gasteiger partial charge is 0.491 e. The van der Waals surface area contributed by atoms with Crippen molar-refractivity contribution in [3.63, 3.8) is 0 Å².